The molecule has 0 bridgehead atoms. The molecule has 3 aromatic rings. The number of amides is 1. The summed E-state index contributed by atoms with van der Waals surface area (Å²) in [6, 6.07) is 11.3. The minimum absolute atomic E-state index is 0.0143. The normalized spacial score (nSPS) is 10.6. The Kier molecular flexibility index (Phi) is 5.13. The second-order valence-corrected chi connectivity index (χ2v) is 6.38. The number of aryl methyl sites for hydroxylation is 2. The summed E-state index contributed by atoms with van der Waals surface area (Å²) in [6.07, 6.45) is 0. The Hall–Kier alpha value is -3.00. The molecular formula is C18H18N4O3S. The van der Waals surface area contributed by atoms with E-state index in [1.165, 1.54) is 0 Å². The van der Waals surface area contributed by atoms with Crippen LogP contribution in [-0.2, 0) is 4.74 Å². The number of anilines is 1. The Labute approximate surface area is 154 Å². The third kappa shape index (κ3) is 3.50. The van der Waals surface area contributed by atoms with Crippen molar-refractivity contribution in [1.29, 1.82) is 0 Å². The van der Waals surface area contributed by atoms with Crippen LogP contribution in [-0.4, -0.2) is 32.6 Å². The molecule has 0 aliphatic carbocycles. The van der Waals surface area contributed by atoms with Crippen molar-refractivity contribution in [3.8, 4) is 5.69 Å². The first-order valence-corrected chi connectivity index (χ1v) is 8.84. The van der Waals surface area contributed by atoms with Crippen LogP contribution in [0.15, 0.2) is 36.4 Å². The summed E-state index contributed by atoms with van der Waals surface area (Å²) in [7, 11) is 0. The number of nitrogens with one attached hydrogen (secondary N) is 1. The molecule has 3 rings (SSSR count). The fourth-order valence-corrected chi connectivity index (χ4v) is 3.17. The first kappa shape index (κ1) is 17.8. The summed E-state index contributed by atoms with van der Waals surface area (Å²) < 4.78 is 10.7. The lowest BCUT2D eigenvalue weighted by molar-refractivity contribution is 0.0520. The average Bonchev–Trinajstić information content (AvgIpc) is 3.22. The van der Waals surface area contributed by atoms with Crippen LogP contribution < -0.4 is 5.32 Å². The van der Waals surface area contributed by atoms with E-state index in [1.807, 2.05) is 38.1 Å². The molecule has 0 atom stereocenters. The lowest BCUT2D eigenvalue weighted by Crippen LogP contribution is -2.15. The molecule has 0 spiro atoms. The largest absolute Gasteiger partial charge is 0.461 e. The molecule has 0 aliphatic heterocycles. The summed E-state index contributed by atoms with van der Waals surface area (Å²) in [5.74, 6) is -0.945. The third-order valence-electron chi connectivity index (χ3n) is 3.84. The quantitative estimate of drug-likeness (QED) is 0.696. The zero-order valence-electron chi connectivity index (χ0n) is 14.6. The van der Waals surface area contributed by atoms with Crippen molar-refractivity contribution in [2.75, 3.05) is 11.9 Å². The second kappa shape index (κ2) is 7.49. The van der Waals surface area contributed by atoms with Crippen LogP contribution in [0.3, 0.4) is 0 Å². The first-order chi connectivity index (χ1) is 12.5. The molecule has 1 N–H and O–H groups in total. The predicted octanol–water partition coefficient (Wildman–Crippen LogP) is 3.37. The van der Waals surface area contributed by atoms with Gasteiger partial charge in [-0.25, -0.2) is 4.79 Å². The van der Waals surface area contributed by atoms with E-state index in [0.29, 0.717) is 5.56 Å². The monoisotopic (exact) mass is 370 g/mol. The van der Waals surface area contributed by atoms with Gasteiger partial charge in [0.25, 0.3) is 5.91 Å². The molecule has 134 valence electrons. The highest BCUT2D eigenvalue weighted by Crippen LogP contribution is 2.21. The minimum Gasteiger partial charge on any atom is -0.461 e. The number of rotatable bonds is 5. The van der Waals surface area contributed by atoms with Crippen LogP contribution in [0.25, 0.3) is 5.69 Å². The van der Waals surface area contributed by atoms with Crippen LogP contribution >= 0.6 is 11.5 Å². The number of carbonyl (C=O) groups is 2. The Bertz CT molecular complexity index is 924. The number of carbonyl (C=O) groups excluding carboxylic acids is 2. The molecule has 1 aromatic carbocycles. The highest BCUT2D eigenvalue weighted by Gasteiger charge is 2.20. The van der Waals surface area contributed by atoms with Crippen molar-refractivity contribution in [3.63, 3.8) is 0 Å². The lowest BCUT2D eigenvalue weighted by Gasteiger charge is -2.10. The molecule has 8 heteroatoms. The fraction of sp³-hybridized carbons (Fsp3) is 0.222. The number of esters is 1. The molecule has 0 saturated carbocycles. The van der Waals surface area contributed by atoms with Gasteiger partial charge in [-0.3, -0.25) is 4.79 Å². The van der Waals surface area contributed by atoms with Crippen LogP contribution in [0.4, 0.5) is 5.00 Å². The van der Waals surface area contributed by atoms with Crippen molar-refractivity contribution in [2.24, 2.45) is 0 Å². The summed E-state index contributed by atoms with van der Waals surface area (Å²) in [5, 5.41) is 6.67. The first-order valence-electron chi connectivity index (χ1n) is 8.07. The van der Waals surface area contributed by atoms with Crippen LogP contribution in [0.2, 0.25) is 0 Å². The Morgan fingerprint density at radius 3 is 2.38 bits per heavy atom. The van der Waals surface area contributed by atoms with Gasteiger partial charge in [0.2, 0.25) is 5.69 Å². The molecule has 2 aromatic heterocycles. The smallest absolute Gasteiger partial charge is 0.362 e. The van der Waals surface area contributed by atoms with E-state index in [9.17, 15) is 9.59 Å². The highest BCUT2D eigenvalue weighted by molar-refractivity contribution is 7.10. The topological polar surface area (TPSA) is 86.1 Å². The standard InChI is InChI=1S/C18H18N4O3S/c1-4-25-18(24)15-17(26-21-20-15)19-16(23)13-7-9-14(10-8-13)22-11(2)5-6-12(22)3/h5-10H,4H2,1-3H3,(H,19,23). The van der Waals surface area contributed by atoms with E-state index < -0.39 is 5.97 Å². The van der Waals surface area contributed by atoms with Gasteiger partial charge in [-0.2, -0.15) is 0 Å². The van der Waals surface area contributed by atoms with E-state index in [0.717, 1.165) is 28.6 Å². The van der Waals surface area contributed by atoms with Crippen molar-refractivity contribution in [3.05, 3.63) is 59.0 Å². The van der Waals surface area contributed by atoms with Gasteiger partial charge in [0.15, 0.2) is 5.00 Å². The van der Waals surface area contributed by atoms with E-state index >= 15 is 0 Å². The van der Waals surface area contributed by atoms with Gasteiger partial charge in [-0.15, -0.1) is 5.10 Å². The van der Waals surface area contributed by atoms with E-state index in [-0.39, 0.29) is 23.2 Å². The number of nitrogens with zero attached hydrogens (tertiary/aromatic N) is 3. The highest BCUT2D eigenvalue weighted by atomic mass is 32.1. The molecule has 7 nitrogen and oxygen atoms in total. The van der Waals surface area contributed by atoms with Crippen molar-refractivity contribution < 1.29 is 14.3 Å². The summed E-state index contributed by atoms with van der Waals surface area (Å²) in [4.78, 5) is 24.3. The summed E-state index contributed by atoms with van der Waals surface area (Å²) >= 11 is 0.934. The van der Waals surface area contributed by atoms with E-state index in [1.54, 1.807) is 19.1 Å². The summed E-state index contributed by atoms with van der Waals surface area (Å²) in [6.45, 7) is 5.98. The van der Waals surface area contributed by atoms with Crippen molar-refractivity contribution in [2.45, 2.75) is 20.8 Å². The SMILES string of the molecule is CCOC(=O)c1nnsc1NC(=O)c1ccc(-n2c(C)ccc2C)cc1. The number of aromatic nitrogens is 3. The van der Waals surface area contributed by atoms with Gasteiger partial charge in [-0.05, 0) is 57.2 Å². The maximum Gasteiger partial charge on any atom is 0.362 e. The number of hydrogen-bond acceptors (Lipinski definition) is 6. The van der Waals surface area contributed by atoms with Gasteiger partial charge in [-0.1, -0.05) is 4.49 Å². The molecule has 0 fully saturated rings. The Morgan fingerprint density at radius 2 is 1.77 bits per heavy atom. The molecule has 0 aliphatic rings. The van der Waals surface area contributed by atoms with Crippen molar-refractivity contribution >= 4 is 28.4 Å². The second-order valence-electron chi connectivity index (χ2n) is 5.62. The van der Waals surface area contributed by atoms with Crippen LogP contribution in [0.5, 0.6) is 0 Å². The van der Waals surface area contributed by atoms with Gasteiger partial charge in [0.05, 0.1) is 6.61 Å². The van der Waals surface area contributed by atoms with Gasteiger partial charge >= 0.3 is 5.97 Å². The van der Waals surface area contributed by atoms with Crippen LogP contribution in [0.1, 0.15) is 39.2 Å². The maximum absolute atomic E-state index is 12.5. The molecule has 1 amide bonds. The summed E-state index contributed by atoms with van der Waals surface area (Å²) in [5.41, 5.74) is 3.71. The Balaban J connectivity index is 1.78. The van der Waals surface area contributed by atoms with E-state index in [2.05, 4.69) is 19.5 Å². The van der Waals surface area contributed by atoms with Crippen molar-refractivity contribution in [1.82, 2.24) is 14.2 Å². The maximum atomic E-state index is 12.5. The Morgan fingerprint density at radius 1 is 1.12 bits per heavy atom. The van der Waals surface area contributed by atoms with Crippen LogP contribution in [0, 0.1) is 13.8 Å². The van der Waals surface area contributed by atoms with Gasteiger partial charge in [0.1, 0.15) is 0 Å². The lowest BCUT2D eigenvalue weighted by atomic mass is 10.2. The van der Waals surface area contributed by atoms with Gasteiger partial charge < -0.3 is 14.6 Å². The molecule has 2 heterocycles. The predicted molar refractivity (Wildman–Crippen MR) is 99.1 cm³/mol. The minimum atomic E-state index is -0.606. The molecular weight excluding hydrogens is 352 g/mol. The zero-order chi connectivity index (χ0) is 18.7. The molecule has 0 unspecified atom stereocenters. The molecule has 0 saturated heterocycles. The molecule has 0 radical (unpaired) electrons. The third-order valence-corrected chi connectivity index (χ3v) is 4.48. The number of benzene rings is 1. The van der Waals surface area contributed by atoms with Gasteiger partial charge in [0, 0.05) is 34.2 Å². The average molecular weight is 370 g/mol. The fourth-order valence-electron chi connectivity index (χ4n) is 2.62. The van der Waals surface area contributed by atoms with E-state index in [4.69, 9.17) is 4.74 Å². The zero-order valence-corrected chi connectivity index (χ0v) is 15.5. The molecule has 26 heavy (non-hydrogen) atoms. The number of hydrogen-bond donors (Lipinski definition) is 1. The number of ether oxygens (including phenoxy) is 1.